The molecule has 1 aliphatic heterocycles. The van der Waals surface area contributed by atoms with E-state index < -0.39 is 0 Å². The van der Waals surface area contributed by atoms with E-state index in [1.165, 1.54) is 0 Å². The van der Waals surface area contributed by atoms with Gasteiger partial charge in [-0.1, -0.05) is 50.8 Å². The van der Waals surface area contributed by atoms with Crippen molar-refractivity contribution in [3.05, 3.63) is 65.5 Å². The van der Waals surface area contributed by atoms with Crippen molar-refractivity contribution in [3.8, 4) is 11.8 Å². The predicted molar refractivity (Wildman–Crippen MR) is 100 cm³/mol. The molecule has 1 N–H and O–H groups in total. The van der Waals surface area contributed by atoms with E-state index in [2.05, 4.69) is 49.8 Å². The molecule has 0 saturated carbocycles. The van der Waals surface area contributed by atoms with Crippen molar-refractivity contribution in [2.75, 3.05) is 0 Å². The third-order valence-corrected chi connectivity index (χ3v) is 5.25. The molecule has 0 radical (unpaired) electrons. The Hall–Kier alpha value is -2.60. The van der Waals surface area contributed by atoms with Gasteiger partial charge in [0, 0.05) is 22.9 Å². The van der Waals surface area contributed by atoms with Gasteiger partial charge >= 0.3 is 0 Å². The van der Waals surface area contributed by atoms with Crippen molar-refractivity contribution >= 4 is 5.91 Å². The normalized spacial score (nSPS) is 22.9. The minimum absolute atomic E-state index is 0.00148. The number of aromatic nitrogens is 1. The molecule has 128 valence electrons. The molecule has 2 aromatic rings. The third-order valence-electron chi connectivity index (χ3n) is 5.25. The van der Waals surface area contributed by atoms with Gasteiger partial charge in [-0.25, -0.2) is 0 Å². The maximum atomic E-state index is 12.5. The summed E-state index contributed by atoms with van der Waals surface area (Å²) in [7, 11) is 0. The highest BCUT2D eigenvalue weighted by Crippen LogP contribution is 2.42. The zero-order valence-corrected chi connectivity index (χ0v) is 15.3. The highest BCUT2D eigenvalue weighted by molar-refractivity contribution is 5.86. The van der Waals surface area contributed by atoms with Crippen LogP contribution in [0.1, 0.15) is 56.9 Å². The van der Waals surface area contributed by atoms with Gasteiger partial charge in [-0.15, -0.1) is 0 Å². The van der Waals surface area contributed by atoms with E-state index in [0.29, 0.717) is 0 Å². The van der Waals surface area contributed by atoms with Gasteiger partial charge in [-0.2, -0.15) is 0 Å². The molecular formula is C22H24N2O. The van der Waals surface area contributed by atoms with Crippen LogP contribution in [0, 0.1) is 17.3 Å². The second-order valence-electron chi connectivity index (χ2n) is 7.92. The van der Waals surface area contributed by atoms with Crippen molar-refractivity contribution in [1.29, 1.82) is 0 Å². The molecule has 1 fully saturated rings. The van der Waals surface area contributed by atoms with Crippen LogP contribution in [0.3, 0.4) is 0 Å². The Kier molecular flexibility index (Phi) is 4.39. The molecule has 3 heteroatoms. The molecule has 1 aromatic heterocycles. The minimum Gasteiger partial charge on any atom is -0.350 e. The highest BCUT2D eigenvalue weighted by atomic mass is 16.2. The summed E-state index contributed by atoms with van der Waals surface area (Å²) in [6.07, 6.45) is 2.52. The predicted octanol–water partition coefficient (Wildman–Crippen LogP) is 3.89. The largest absolute Gasteiger partial charge is 0.350 e. The lowest BCUT2D eigenvalue weighted by Crippen LogP contribution is -2.49. The quantitative estimate of drug-likeness (QED) is 0.805. The van der Waals surface area contributed by atoms with Crippen LogP contribution in [0.5, 0.6) is 0 Å². The lowest BCUT2D eigenvalue weighted by Gasteiger charge is -2.38. The van der Waals surface area contributed by atoms with Crippen LogP contribution in [-0.2, 0) is 4.79 Å². The highest BCUT2D eigenvalue weighted by Gasteiger charge is 2.48. The van der Waals surface area contributed by atoms with Crippen molar-refractivity contribution in [2.24, 2.45) is 5.41 Å². The van der Waals surface area contributed by atoms with Crippen LogP contribution in [0.2, 0.25) is 0 Å². The Morgan fingerprint density at radius 3 is 2.32 bits per heavy atom. The van der Waals surface area contributed by atoms with Gasteiger partial charge in [0.15, 0.2) is 0 Å². The van der Waals surface area contributed by atoms with Crippen molar-refractivity contribution < 1.29 is 4.79 Å². The summed E-state index contributed by atoms with van der Waals surface area (Å²) in [6.45, 7) is 8.59. The Labute approximate surface area is 149 Å². The van der Waals surface area contributed by atoms with E-state index >= 15 is 0 Å². The van der Waals surface area contributed by atoms with Gasteiger partial charge in [0.25, 0.3) is 0 Å². The average Bonchev–Trinajstić information content (AvgIpc) is 2.90. The maximum Gasteiger partial charge on any atom is 0.229 e. The number of carbonyl (C=O) groups excluding carboxylic acids is 1. The first-order valence-corrected chi connectivity index (χ1v) is 8.64. The summed E-state index contributed by atoms with van der Waals surface area (Å²) < 4.78 is 0. The number of rotatable bonds is 1. The molecule has 2 unspecified atom stereocenters. The number of benzene rings is 1. The summed E-state index contributed by atoms with van der Waals surface area (Å²) in [5.41, 5.74) is 2.42. The Morgan fingerprint density at radius 1 is 1.08 bits per heavy atom. The van der Waals surface area contributed by atoms with Gasteiger partial charge in [-0.3, -0.25) is 9.78 Å². The zero-order chi connectivity index (χ0) is 18.1. The number of pyridine rings is 1. The second kappa shape index (κ2) is 6.37. The Balaban J connectivity index is 1.77. The van der Waals surface area contributed by atoms with E-state index in [1.807, 2.05) is 42.5 Å². The number of amides is 1. The molecule has 0 spiro atoms. The molecule has 1 amide bonds. The lowest BCUT2D eigenvalue weighted by atomic mass is 9.72. The first kappa shape index (κ1) is 17.2. The van der Waals surface area contributed by atoms with Gasteiger partial charge in [-0.05, 0) is 43.0 Å². The number of hydrogen-bond donors (Lipinski definition) is 1. The molecule has 3 rings (SSSR count). The first-order chi connectivity index (χ1) is 11.8. The summed E-state index contributed by atoms with van der Waals surface area (Å²) in [6, 6.07) is 13.7. The number of nitrogens with zero attached hydrogens (tertiary/aromatic N) is 1. The van der Waals surface area contributed by atoms with Crippen LogP contribution < -0.4 is 5.32 Å². The SMILES string of the molecule is CC(C)(C)C1(C)CC(c2ccc(C#Cc3ccccc3)cn2)C(=O)N1. The molecule has 1 aromatic carbocycles. The second-order valence-corrected chi connectivity index (χ2v) is 7.92. The van der Waals surface area contributed by atoms with Crippen molar-refractivity contribution in [2.45, 2.75) is 45.6 Å². The van der Waals surface area contributed by atoms with Crippen LogP contribution in [-0.4, -0.2) is 16.4 Å². The monoisotopic (exact) mass is 332 g/mol. The molecule has 1 saturated heterocycles. The molecule has 0 bridgehead atoms. The third kappa shape index (κ3) is 3.58. The van der Waals surface area contributed by atoms with E-state index in [1.54, 1.807) is 6.20 Å². The lowest BCUT2D eigenvalue weighted by molar-refractivity contribution is -0.121. The average molecular weight is 332 g/mol. The fourth-order valence-corrected chi connectivity index (χ4v) is 2.99. The van der Waals surface area contributed by atoms with Crippen molar-refractivity contribution in [3.63, 3.8) is 0 Å². The topological polar surface area (TPSA) is 42.0 Å². The summed E-state index contributed by atoms with van der Waals surface area (Å²) >= 11 is 0. The number of carbonyl (C=O) groups is 1. The fourth-order valence-electron chi connectivity index (χ4n) is 2.99. The Bertz CT molecular complexity index is 822. The Morgan fingerprint density at radius 2 is 1.76 bits per heavy atom. The van der Waals surface area contributed by atoms with E-state index in [9.17, 15) is 4.79 Å². The number of hydrogen-bond acceptors (Lipinski definition) is 2. The molecule has 0 aliphatic carbocycles. The van der Waals surface area contributed by atoms with E-state index in [-0.39, 0.29) is 22.8 Å². The smallest absolute Gasteiger partial charge is 0.229 e. The summed E-state index contributed by atoms with van der Waals surface area (Å²) in [5, 5.41) is 3.17. The molecule has 2 heterocycles. The van der Waals surface area contributed by atoms with Crippen LogP contribution in [0.25, 0.3) is 0 Å². The molecule has 2 atom stereocenters. The number of nitrogens with one attached hydrogen (secondary N) is 1. The molecule has 25 heavy (non-hydrogen) atoms. The van der Waals surface area contributed by atoms with Gasteiger partial charge < -0.3 is 5.32 Å². The van der Waals surface area contributed by atoms with Crippen molar-refractivity contribution in [1.82, 2.24) is 10.3 Å². The first-order valence-electron chi connectivity index (χ1n) is 8.64. The van der Waals surface area contributed by atoms with Crippen LogP contribution >= 0.6 is 0 Å². The van der Waals surface area contributed by atoms with E-state index in [0.717, 1.165) is 23.2 Å². The van der Waals surface area contributed by atoms with Crippen LogP contribution in [0.4, 0.5) is 0 Å². The summed E-state index contributed by atoms with van der Waals surface area (Å²) in [4.78, 5) is 17.0. The molecule has 1 aliphatic rings. The molecule has 3 nitrogen and oxygen atoms in total. The van der Waals surface area contributed by atoms with E-state index in [4.69, 9.17) is 0 Å². The summed E-state index contributed by atoms with van der Waals surface area (Å²) in [5.74, 6) is 6.11. The zero-order valence-electron chi connectivity index (χ0n) is 15.3. The fraction of sp³-hybridized carbons (Fsp3) is 0.364. The standard InChI is InChI=1S/C22H24N2O/c1-21(2,3)22(4)14-18(20(25)24-22)19-13-12-17(15-23-19)11-10-16-8-6-5-7-9-16/h5-9,12-13,15,18H,14H2,1-4H3,(H,24,25). The minimum atomic E-state index is -0.220. The van der Waals surface area contributed by atoms with Gasteiger partial charge in [0.2, 0.25) is 5.91 Å². The molecular weight excluding hydrogens is 308 g/mol. The van der Waals surface area contributed by atoms with Crippen LogP contribution in [0.15, 0.2) is 48.7 Å². The van der Waals surface area contributed by atoms with Gasteiger partial charge in [0.05, 0.1) is 11.6 Å². The van der Waals surface area contributed by atoms with Gasteiger partial charge in [0.1, 0.15) is 0 Å². The maximum absolute atomic E-state index is 12.5.